The van der Waals surface area contributed by atoms with Gasteiger partial charge in [0, 0.05) is 71.2 Å². The first kappa shape index (κ1) is 26.9. The number of amides is 4. The first-order valence-electron chi connectivity index (χ1n) is 12.9. The largest absolute Gasteiger partial charge is 0.492 e. The van der Waals surface area contributed by atoms with E-state index >= 15 is 0 Å². The smallest absolute Gasteiger partial charge is 0.333 e. The zero-order valence-electron chi connectivity index (χ0n) is 22.0. The van der Waals surface area contributed by atoms with Gasteiger partial charge in [-0.05, 0) is 51.2 Å². The fourth-order valence-electron chi connectivity index (χ4n) is 5.04. The molecule has 2 aromatic carbocycles. The molecule has 0 unspecified atom stereocenters. The van der Waals surface area contributed by atoms with E-state index in [0.29, 0.717) is 41.3 Å². The summed E-state index contributed by atoms with van der Waals surface area (Å²) >= 11 is 0. The summed E-state index contributed by atoms with van der Waals surface area (Å²) in [5.74, 6) is -3.40. The quantitative estimate of drug-likeness (QED) is 0.287. The van der Waals surface area contributed by atoms with Crippen molar-refractivity contribution in [3.8, 4) is 11.8 Å². The molecule has 4 amide bonds. The van der Waals surface area contributed by atoms with Crippen molar-refractivity contribution < 1.29 is 39.0 Å². The first-order chi connectivity index (χ1) is 19.1. The molecule has 208 valence electrons. The summed E-state index contributed by atoms with van der Waals surface area (Å²) in [5.41, 5.74) is 1.09. The second kappa shape index (κ2) is 10.5. The number of imide groups is 2. The zero-order valence-corrected chi connectivity index (χ0v) is 22.0. The Labute approximate surface area is 228 Å². The number of carbonyl (C=O) groups is 5. The second-order valence-electron chi connectivity index (χ2n) is 10.0. The number of nitrogens with zero attached hydrogens (tertiary/aromatic N) is 4. The van der Waals surface area contributed by atoms with Crippen LogP contribution in [0.2, 0.25) is 0 Å². The Morgan fingerprint density at radius 3 is 1.60 bits per heavy atom. The second-order valence-corrected chi connectivity index (χ2v) is 10.0. The number of carbonyl (C=O) groups excluding carboxylic acids is 5. The summed E-state index contributed by atoms with van der Waals surface area (Å²) in [4.78, 5) is 74.2. The summed E-state index contributed by atoms with van der Waals surface area (Å²) in [6.45, 7) is 0.835. The predicted octanol–water partition coefficient (Wildman–Crippen LogP) is 2.02. The van der Waals surface area contributed by atoms with Gasteiger partial charge in [0.05, 0.1) is 0 Å². The Morgan fingerprint density at radius 2 is 1.15 bits per heavy atom. The number of rotatable bonds is 10. The molecule has 0 saturated heterocycles. The van der Waals surface area contributed by atoms with Crippen LogP contribution in [0.1, 0.15) is 67.1 Å². The molecule has 0 saturated carbocycles. The van der Waals surface area contributed by atoms with E-state index in [1.165, 1.54) is 29.2 Å². The van der Waals surface area contributed by atoms with Gasteiger partial charge in [0.15, 0.2) is 0 Å². The highest BCUT2D eigenvalue weighted by Gasteiger charge is 2.39. The Kier molecular flexibility index (Phi) is 7.03. The molecule has 2 aliphatic rings. The van der Waals surface area contributed by atoms with Crippen LogP contribution in [0.15, 0.2) is 36.4 Å². The maximum absolute atomic E-state index is 13.4. The van der Waals surface area contributed by atoms with Crippen molar-refractivity contribution in [2.75, 3.05) is 33.7 Å². The summed E-state index contributed by atoms with van der Waals surface area (Å²) in [6, 6.07) is 8.51. The van der Waals surface area contributed by atoms with Gasteiger partial charge in [0.1, 0.15) is 0 Å². The molecule has 40 heavy (non-hydrogen) atoms. The van der Waals surface area contributed by atoms with Crippen LogP contribution in [0.5, 0.6) is 11.8 Å². The highest BCUT2D eigenvalue weighted by molar-refractivity contribution is 6.33. The van der Waals surface area contributed by atoms with Crippen molar-refractivity contribution in [2.45, 2.75) is 25.7 Å². The molecule has 3 aromatic rings. The summed E-state index contributed by atoms with van der Waals surface area (Å²) < 4.78 is 0.615. The van der Waals surface area contributed by atoms with E-state index in [2.05, 4.69) is 0 Å². The highest BCUT2D eigenvalue weighted by Crippen LogP contribution is 2.37. The van der Waals surface area contributed by atoms with Gasteiger partial charge < -0.3 is 20.0 Å². The topological polar surface area (TPSA) is 150 Å². The van der Waals surface area contributed by atoms with Crippen LogP contribution < -0.4 is 4.84 Å². The number of hydrogen-bond acceptors (Lipinski definition) is 9. The lowest BCUT2D eigenvalue weighted by Crippen LogP contribution is -2.45. The fourth-order valence-corrected chi connectivity index (χ4v) is 5.04. The van der Waals surface area contributed by atoms with Crippen molar-refractivity contribution in [1.29, 1.82) is 0 Å². The van der Waals surface area contributed by atoms with Crippen LogP contribution in [0.3, 0.4) is 0 Å². The molecule has 12 nitrogen and oxygen atoms in total. The monoisotopic (exact) mass is 548 g/mol. The molecular weight excluding hydrogens is 520 g/mol. The van der Waals surface area contributed by atoms with Crippen molar-refractivity contribution >= 4 is 40.4 Å². The van der Waals surface area contributed by atoms with E-state index in [0.717, 1.165) is 4.90 Å². The number of unbranched alkanes of at least 4 members (excludes halogenated alkanes) is 2. The standard InChI is InChI=1S/C28H28N4O8/c1-29(2)14-15-31-27(38)18-9-7-16-23-17(8-10-19(24(18)23)28(31)39)26(37)30(25(16)36)13-5-3-4-6-22(35)40-32-20(33)11-12-21(32)34/h7-12,33-34H,3-6,13-15H2,1-2H3. The van der Waals surface area contributed by atoms with Gasteiger partial charge >= 0.3 is 5.97 Å². The van der Waals surface area contributed by atoms with Crippen molar-refractivity contribution in [3.63, 3.8) is 0 Å². The number of hydrogen-bond donors (Lipinski definition) is 2. The molecular formula is C28H28N4O8. The SMILES string of the molecule is CN(C)CCN1C(=O)c2ccc3c4c(ccc(c24)C1=O)C(=O)N(CCCCCC(=O)On1c(O)ccc1O)C3=O. The first-order valence-corrected chi connectivity index (χ1v) is 12.9. The maximum Gasteiger partial charge on any atom is 0.333 e. The molecule has 0 bridgehead atoms. The summed E-state index contributed by atoms with van der Waals surface area (Å²) in [6.07, 6.45) is 1.32. The van der Waals surface area contributed by atoms with Crippen molar-refractivity contribution in [3.05, 3.63) is 58.7 Å². The lowest BCUT2D eigenvalue weighted by atomic mass is 9.86. The normalized spacial score (nSPS) is 14.6. The molecule has 2 aliphatic heterocycles. The molecule has 12 heteroatoms. The Balaban J connectivity index is 1.27. The van der Waals surface area contributed by atoms with Gasteiger partial charge in [-0.3, -0.25) is 29.0 Å². The van der Waals surface area contributed by atoms with Gasteiger partial charge in [-0.15, -0.1) is 4.73 Å². The van der Waals surface area contributed by atoms with Crippen LogP contribution in [-0.4, -0.2) is 93.0 Å². The van der Waals surface area contributed by atoms with Crippen LogP contribution in [-0.2, 0) is 4.79 Å². The Morgan fingerprint density at radius 1 is 0.700 bits per heavy atom. The predicted molar refractivity (Wildman–Crippen MR) is 141 cm³/mol. The highest BCUT2D eigenvalue weighted by atomic mass is 16.7. The fraction of sp³-hybridized carbons (Fsp3) is 0.321. The number of likely N-dealkylation sites (N-methyl/N-ethyl adjacent to an activating group) is 1. The molecule has 0 spiro atoms. The van der Waals surface area contributed by atoms with E-state index in [1.54, 1.807) is 12.1 Å². The van der Waals surface area contributed by atoms with E-state index in [4.69, 9.17) is 4.84 Å². The van der Waals surface area contributed by atoms with E-state index < -0.39 is 41.4 Å². The molecule has 3 heterocycles. The molecule has 0 atom stereocenters. The average molecular weight is 549 g/mol. The van der Waals surface area contributed by atoms with Crippen LogP contribution in [0.4, 0.5) is 0 Å². The van der Waals surface area contributed by atoms with Crippen LogP contribution in [0.25, 0.3) is 10.8 Å². The molecule has 1 aromatic heterocycles. The molecule has 0 aliphatic carbocycles. The van der Waals surface area contributed by atoms with E-state index in [1.807, 2.05) is 19.0 Å². The van der Waals surface area contributed by atoms with Gasteiger partial charge in [-0.25, -0.2) is 4.79 Å². The Hall–Kier alpha value is -4.71. The van der Waals surface area contributed by atoms with Crippen molar-refractivity contribution in [1.82, 2.24) is 19.4 Å². The van der Waals surface area contributed by atoms with E-state index in [-0.39, 0.29) is 41.8 Å². The minimum Gasteiger partial charge on any atom is -0.492 e. The minimum absolute atomic E-state index is 0.000264. The lowest BCUT2D eigenvalue weighted by Gasteiger charge is -2.32. The summed E-state index contributed by atoms with van der Waals surface area (Å²) in [7, 11) is 3.69. The van der Waals surface area contributed by atoms with Gasteiger partial charge in [-0.2, -0.15) is 0 Å². The molecule has 5 rings (SSSR count). The lowest BCUT2D eigenvalue weighted by molar-refractivity contribution is -0.145. The summed E-state index contributed by atoms with van der Waals surface area (Å²) in [5, 5.41) is 19.8. The zero-order chi connectivity index (χ0) is 28.7. The minimum atomic E-state index is -0.662. The van der Waals surface area contributed by atoms with E-state index in [9.17, 15) is 34.2 Å². The molecule has 0 fully saturated rings. The maximum atomic E-state index is 13.4. The average Bonchev–Trinajstić information content (AvgIpc) is 3.23. The molecule has 2 N–H and O–H groups in total. The van der Waals surface area contributed by atoms with Gasteiger partial charge in [-0.1, -0.05) is 6.42 Å². The van der Waals surface area contributed by atoms with Gasteiger partial charge in [0.25, 0.3) is 23.6 Å². The third kappa shape index (κ3) is 4.56. The Bertz CT molecular complexity index is 1480. The number of aromatic hydroxyl groups is 2. The van der Waals surface area contributed by atoms with Crippen molar-refractivity contribution in [2.24, 2.45) is 0 Å². The number of benzene rings is 2. The van der Waals surface area contributed by atoms with Gasteiger partial charge in [0.2, 0.25) is 11.8 Å². The third-order valence-corrected chi connectivity index (χ3v) is 7.09. The third-order valence-electron chi connectivity index (χ3n) is 7.09. The van der Waals surface area contributed by atoms with Crippen LogP contribution >= 0.6 is 0 Å². The molecule has 0 radical (unpaired) electrons. The van der Waals surface area contributed by atoms with Crippen LogP contribution in [0, 0.1) is 0 Å². The number of aromatic nitrogens is 1.